The number of amides is 1. The summed E-state index contributed by atoms with van der Waals surface area (Å²) in [6.07, 6.45) is 2.85. The largest absolute Gasteiger partial charge is 0.480 e. The molecule has 5 nitrogen and oxygen atoms in total. The Morgan fingerprint density at radius 2 is 2.29 bits per heavy atom. The maximum atomic E-state index is 12.0. The van der Waals surface area contributed by atoms with Crippen molar-refractivity contribution < 1.29 is 14.7 Å². The van der Waals surface area contributed by atoms with Crippen LogP contribution in [0.2, 0.25) is 5.15 Å². The topological polar surface area (TPSA) is 70.5 Å². The molecule has 0 aromatic carbocycles. The van der Waals surface area contributed by atoms with Crippen LogP contribution in [0, 0.1) is 0 Å². The van der Waals surface area contributed by atoms with Crippen LogP contribution >= 0.6 is 11.6 Å². The Bertz CT molecular complexity index is 448. The lowest BCUT2D eigenvalue weighted by molar-refractivity contribution is -0.137. The van der Waals surface area contributed by atoms with Gasteiger partial charge in [0, 0.05) is 18.3 Å². The Kier molecular flexibility index (Phi) is 4.66. The maximum absolute atomic E-state index is 12.0. The van der Waals surface area contributed by atoms with Gasteiger partial charge in [-0.05, 0) is 12.1 Å². The minimum Gasteiger partial charge on any atom is -0.480 e. The normalized spacial score (nSPS) is 9.71. The van der Waals surface area contributed by atoms with Crippen LogP contribution in [0.4, 0.5) is 0 Å². The molecule has 0 spiro atoms. The summed E-state index contributed by atoms with van der Waals surface area (Å²) in [5, 5.41) is 8.88. The molecule has 90 valence electrons. The molecule has 0 saturated heterocycles. The molecule has 1 rings (SSSR count). The van der Waals surface area contributed by atoms with Crippen molar-refractivity contribution in [3.8, 4) is 0 Å². The molecular weight excluding hydrogens is 244 g/mol. The first-order valence-corrected chi connectivity index (χ1v) is 5.16. The van der Waals surface area contributed by atoms with Crippen LogP contribution in [0.3, 0.4) is 0 Å². The first-order chi connectivity index (χ1) is 8.04. The molecule has 1 aromatic rings. The molecule has 0 fully saturated rings. The predicted molar refractivity (Wildman–Crippen MR) is 63.0 cm³/mol. The summed E-state index contributed by atoms with van der Waals surface area (Å²) < 4.78 is 0. The van der Waals surface area contributed by atoms with Gasteiger partial charge in [-0.3, -0.25) is 9.59 Å². The zero-order valence-corrected chi connectivity index (χ0v) is 9.72. The van der Waals surface area contributed by atoms with Gasteiger partial charge in [0.1, 0.15) is 11.7 Å². The number of carbonyl (C=O) groups excluding carboxylic acids is 1. The van der Waals surface area contributed by atoms with Gasteiger partial charge < -0.3 is 10.0 Å². The van der Waals surface area contributed by atoms with Crippen molar-refractivity contribution in [2.75, 3.05) is 13.1 Å². The minimum absolute atomic E-state index is 0.158. The number of carboxylic acids is 1. The van der Waals surface area contributed by atoms with Crippen molar-refractivity contribution in [1.29, 1.82) is 0 Å². The van der Waals surface area contributed by atoms with Crippen molar-refractivity contribution >= 4 is 23.5 Å². The molecule has 1 aromatic heterocycles. The van der Waals surface area contributed by atoms with Crippen molar-refractivity contribution in [3.63, 3.8) is 0 Å². The van der Waals surface area contributed by atoms with Gasteiger partial charge in [-0.15, -0.1) is 6.58 Å². The van der Waals surface area contributed by atoms with Crippen LogP contribution in [-0.4, -0.2) is 40.0 Å². The van der Waals surface area contributed by atoms with E-state index in [1.54, 1.807) is 0 Å². The van der Waals surface area contributed by atoms with Crippen molar-refractivity contribution in [1.82, 2.24) is 9.88 Å². The number of rotatable bonds is 5. The predicted octanol–water partition coefficient (Wildman–Crippen LogP) is 1.45. The third-order valence-corrected chi connectivity index (χ3v) is 2.14. The van der Waals surface area contributed by atoms with Crippen LogP contribution < -0.4 is 0 Å². The van der Waals surface area contributed by atoms with Crippen LogP contribution in [0.15, 0.2) is 31.0 Å². The van der Waals surface area contributed by atoms with Gasteiger partial charge >= 0.3 is 5.97 Å². The van der Waals surface area contributed by atoms with Crippen LogP contribution in [-0.2, 0) is 4.79 Å². The zero-order chi connectivity index (χ0) is 12.8. The highest BCUT2D eigenvalue weighted by molar-refractivity contribution is 6.29. The Labute approximate surface area is 103 Å². The summed E-state index contributed by atoms with van der Waals surface area (Å²) >= 11 is 5.66. The number of halogens is 1. The van der Waals surface area contributed by atoms with Gasteiger partial charge in [0.25, 0.3) is 5.91 Å². The summed E-state index contributed by atoms with van der Waals surface area (Å²) in [6, 6.07) is 2.87. The smallest absolute Gasteiger partial charge is 0.323 e. The van der Waals surface area contributed by atoms with E-state index < -0.39 is 11.9 Å². The Morgan fingerprint density at radius 1 is 1.59 bits per heavy atom. The Morgan fingerprint density at radius 3 is 2.82 bits per heavy atom. The SMILES string of the molecule is C=CCN(CC(=O)O)C(=O)c1ccnc(Cl)c1. The quantitative estimate of drug-likeness (QED) is 0.638. The van der Waals surface area contributed by atoms with Gasteiger partial charge in [0.15, 0.2) is 0 Å². The first kappa shape index (κ1) is 13.2. The van der Waals surface area contributed by atoms with Crippen molar-refractivity contribution in [3.05, 3.63) is 41.7 Å². The Hall–Kier alpha value is -1.88. The molecule has 0 radical (unpaired) electrons. The molecular formula is C11H11ClN2O3. The summed E-state index contributed by atoms with van der Waals surface area (Å²) in [4.78, 5) is 27.5. The molecule has 0 aliphatic heterocycles. The van der Waals surface area contributed by atoms with Gasteiger partial charge in [0.05, 0.1) is 0 Å². The van der Waals surface area contributed by atoms with E-state index in [2.05, 4.69) is 11.6 Å². The molecule has 17 heavy (non-hydrogen) atoms. The lowest BCUT2D eigenvalue weighted by atomic mass is 10.2. The first-order valence-electron chi connectivity index (χ1n) is 4.78. The van der Waals surface area contributed by atoms with E-state index in [0.29, 0.717) is 5.56 Å². The number of carboxylic acid groups (broad SMARTS) is 1. The van der Waals surface area contributed by atoms with E-state index in [-0.39, 0.29) is 18.2 Å². The second-order valence-corrected chi connectivity index (χ2v) is 3.62. The number of nitrogens with zero attached hydrogens (tertiary/aromatic N) is 2. The standard InChI is InChI=1S/C11H11ClN2O3/c1-2-5-14(7-10(15)16)11(17)8-3-4-13-9(12)6-8/h2-4,6H,1,5,7H2,(H,15,16). The van der Waals surface area contributed by atoms with Gasteiger partial charge in [-0.2, -0.15) is 0 Å². The molecule has 1 N–H and O–H groups in total. The fraction of sp³-hybridized carbons (Fsp3) is 0.182. The van der Waals surface area contributed by atoms with Crippen molar-refractivity contribution in [2.45, 2.75) is 0 Å². The lowest BCUT2D eigenvalue weighted by Crippen LogP contribution is -2.35. The van der Waals surface area contributed by atoms with Gasteiger partial charge in [-0.1, -0.05) is 17.7 Å². The highest BCUT2D eigenvalue weighted by Crippen LogP contribution is 2.10. The minimum atomic E-state index is -1.08. The fourth-order valence-electron chi connectivity index (χ4n) is 1.26. The molecule has 0 atom stereocenters. The molecule has 0 aliphatic rings. The van der Waals surface area contributed by atoms with Crippen molar-refractivity contribution in [2.24, 2.45) is 0 Å². The second-order valence-electron chi connectivity index (χ2n) is 3.24. The van der Waals surface area contributed by atoms with E-state index in [1.807, 2.05) is 0 Å². The highest BCUT2D eigenvalue weighted by atomic mass is 35.5. The molecule has 0 unspecified atom stereocenters. The second kappa shape index (κ2) is 6.00. The van der Waals surface area contributed by atoms with E-state index in [9.17, 15) is 9.59 Å². The third-order valence-electron chi connectivity index (χ3n) is 1.94. The van der Waals surface area contributed by atoms with E-state index >= 15 is 0 Å². The number of pyridine rings is 1. The van der Waals surface area contributed by atoms with Crippen LogP contribution in [0.25, 0.3) is 0 Å². The third kappa shape index (κ3) is 3.88. The zero-order valence-electron chi connectivity index (χ0n) is 8.97. The number of hydrogen-bond donors (Lipinski definition) is 1. The monoisotopic (exact) mass is 254 g/mol. The van der Waals surface area contributed by atoms with E-state index in [4.69, 9.17) is 16.7 Å². The average molecular weight is 255 g/mol. The summed E-state index contributed by atoms with van der Waals surface area (Å²) in [6.45, 7) is 3.25. The number of carbonyl (C=O) groups is 2. The number of aliphatic carboxylic acids is 1. The molecule has 0 saturated carbocycles. The molecule has 6 heteroatoms. The highest BCUT2D eigenvalue weighted by Gasteiger charge is 2.17. The number of hydrogen-bond acceptors (Lipinski definition) is 3. The van der Waals surface area contributed by atoms with Crippen LogP contribution in [0.5, 0.6) is 0 Å². The van der Waals surface area contributed by atoms with Gasteiger partial charge in [0.2, 0.25) is 0 Å². The lowest BCUT2D eigenvalue weighted by Gasteiger charge is -2.18. The maximum Gasteiger partial charge on any atom is 0.323 e. The molecule has 1 heterocycles. The Balaban J connectivity index is 2.90. The number of aromatic nitrogens is 1. The molecule has 0 aliphatic carbocycles. The van der Waals surface area contributed by atoms with E-state index in [0.717, 1.165) is 4.90 Å². The molecule has 0 bridgehead atoms. The average Bonchev–Trinajstić information content (AvgIpc) is 2.27. The van der Waals surface area contributed by atoms with E-state index in [1.165, 1.54) is 24.4 Å². The van der Waals surface area contributed by atoms with Gasteiger partial charge in [-0.25, -0.2) is 4.98 Å². The fourth-order valence-corrected chi connectivity index (χ4v) is 1.43. The summed E-state index contributed by atoms with van der Waals surface area (Å²) in [7, 11) is 0. The summed E-state index contributed by atoms with van der Waals surface area (Å²) in [5.41, 5.74) is 0.299. The molecule has 1 amide bonds. The van der Waals surface area contributed by atoms with Crippen LogP contribution in [0.1, 0.15) is 10.4 Å². The summed E-state index contributed by atoms with van der Waals surface area (Å²) in [5.74, 6) is -1.50.